The van der Waals surface area contributed by atoms with Crippen molar-refractivity contribution in [3.63, 3.8) is 0 Å². The van der Waals surface area contributed by atoms with Crippen LogP contribution in [0.5, 0.6) is 5.75 Å². The summed E-state index contributed by atoms with van der Waals surface area (Å²) in [4.78, 5) is 0. The molecule has 2 rings (SSSR count). The van der Waals surface area contributed by atoms with Crippen molar-refractivity contribution >= 4 is 0 Å². The highest BCUT2D eigenvalue weighted by molar-refractivity contribution is 5.30. The quantitative estimate of drug-likeness (QED) is 0.874. The van der Waals surface area contributed by atoms with Gasteiger partial charge < -0.3 is 10.1 Å². The molecule has 1 aliphatic heterocycles. The number of piperidine rings is 1. The summed E-state index contributed by atoms with van der Waals surface area (Å²) in [5.41, 5.74) is -0.539. The maximum absolute atomic E-state index is 14.8. The highest BCUT2D eigenvalue weighted by Gasteiger charge is 2.30. The molecular weight excluding hydrogens is 241 g/mol. The lowest BCUT2D eigenvalue weighted by molar-refractivity contribution is 0.146. The Hall–Kier alpha value is -1.09. The number of halogens is 1. The largest absolute Gasteiger partial charge is 0.494 e. The Balaban J connectivity index is 2.00. The van der Waals surface area contributed by atoms with Crippen molar-refractivity contribution < 1.29 is 9.13 Å². The van der Waals surface area contributed by atoms with Gasteiger partial charge in [-0.25, -0.2) is 4.39 Å². The van der Waals surface area contributed by atoms with E-state index in [1.54, 1.807) is 6.92 Å². The number of alkyl halides is 1. The molecule has 0 aromatic heterocycles. The zero-order valence-electron chi connectivity index (χ0n) is 11.9. The second-order valence-electron chi connectivity index (χ2n) is 5.51. The first kappa shape index (κ1) is 14.3. The van der Waals surface area contributed by atoms with Gasteiger partial charge in [0.25, 0.3) is 0 Å². The number of nitrogens with one attached hydrogen (secondary N) is 1. The summed E-state index contributed by atoms with van der Waals surface area (Å²) >= 11 is 0. The summed E-state index contributed by atoms with van der Waals surface area (Å²) in [6.45, 7) is 5.28. The smallest absolute Gasteiger partial charge is 0.134 e. The van der Waals surface area contributed by atoms with Gasteiger partial charge in [-0.3, -0.25) is 0 Å². The summed E-state index contributed by atoms with van der Waals surface area (Å²) in [5, 5.41) is 3.41. The van der Waals surface area contributed by atoms with Crippen molar-refractivity contribution in [2.75, 3.05) is 13.2 Å². The first-order valence-corrected chi connectivity index (χ1v) is 7.27. The van der Waals surface area contributed by atoms with Crippen LogP contribution in [-0.2, 0) is 5.67 Å². The van der Waals surface area contributed by atoms with E-state index in [4.69, 9.17) is 4.74 Å². The van der Waals surface area contributed by atoms with Crippen LogP contribution in [0, 0.1) is 0 Å². The van der Waals surface area contributed by atoms with E-state index >= 15 is 0 Å². The van der Waals surface area contributed by atoms with Gasteiger partial charge in [0.15, 0.2) is 0 Å². The lowest BCUT2D eigenvalue weighted by Crippen LogP contribution is -2.38. The van der Waals surface area contributed by atoms with Crippen LogP contribution >= 0.6 is 0 Å². The van der Waals surface area contributed by atoms with Gasteiger partial charge in [0, 0.05) is 12.5 Å². The predicted molar refractivity (Wildman–Crippen MR) is 76.3 cm³/mol. The van der Waals surface area contributed by atoms with E-state index < -0.39 is 5.67 Å². The zero-order valence-corrected chi connectivity index (χ0v) is 11.9. The first-order chi connectivity index (χ1) is 9.12. The van der Waals surface area contributed by atoms with Crippen LogP contribution in [0.1, 0.15) is 45.1 Å². The number of ether oxygens (including phenoxy) is 1. The summed E-state index contributed by atoms with van der Waals surface area (Å²) in [6.07, 6.45) is 4.04. The molecule has 0 radical (unpaired) electrons. The van der Waals surface area contributed by atoms with E-state index in [2.05, 4.69) is 5.32 Å². The average Bonchev–Trinajstić information content (AvgIpc) is 2.40. The fourth-order valence-corrected chi connectivity index (χ4v) is 2.74. The van der Waals surface area contributed by atoms with Crippen LogP contribution in [0.3, 0.4) is 0 Å². The highest BCUT2D eigenvalue weighted by Crippen LogP contribution is 2.33. The molecule has 1 heterocycles. The molecule has 0 amide bonds. The molecular formula is C16H24FNO. The van der Waals surface area contributed by atoms with Crippen LogP contribution in [0.25, 0.3) is 0 Å². The molecule has 1 saturated heterocycles. The van der Waals surface area contributed by atoms with Crippen molar-refractivity contribution in [2.45, 2.75) is 51.2 Å². The molecule has 0 saturated carbocycles. The van der Waals surface area contributed by atoms with E-state index in [0.717, 1.165) is 24.3 Å². The second-order valence-corrected chi connectivity index (χ2v) is 5.51. The molecule has 0 spiro atoms. The molecule has 2 unspecified atom stereocenters. The van der Waals surface area contributed by atoms with Crippen molar-refractivity contribution in [3.8, 4) is 5.75 Å². The third-order valence-electron chi connectivity index (χ3n) is 3.81. The maximum Gasteiger partial charge on any atom is 0.134 e. The van der Waals surface area contributed by atoms with Gasteiger partial charge in [-0.2, -0.15) is 0 Å². The minimum Gasteiger partial charge on any atom is -0.494 e. The minimum absolute atomic E-state index is 0.301. The number of benzene rings is 1. The molecule has 2 nitrogen and oxygen atoms in total. The van der Waals surface area contributed by atoms with E-state index in [-0.39, 0.29) is 0 Å². The lowest BCUT2D eigenvalue weighted by atomic mass is 9.88. The number of rotatable bonds is 5. The zero-order chi connectivity index (χ0) is 13.7. The molecule has 2 atom stereocenters. The van der Waals surface area contributed by atoms with E-state index in [0.29, 0.717) is 19.1 Å². The molecule has 1 N–H and O–H groups in total. The Labute approximate surface area is 115 Å². The van der Waals surface area contributed by atoms with Crippen molar-refractivity contribution in [1.82, 2.24) is 5.32 Å². The van der Waals surface area contributed by atoms with Crippen molar-refractivity contribution in [3.05, 3.63) is 29.8 Å². The topological polar surface area (TPSA) is 21.3 Å². The van der Waals surface area contributed by atoms with Crippen LogP contribution in [0.15, 0.2) is 24.3 Å². The Kier molecular flexibility index (Phi) is 4.81. The van der Waals surface area contributed by atoms with Gasteiger partial charge in [0.2, 0.25) is 0 Å². The molecule has 0 aliphatic carbocycles. The molecule has 3 heteroatoms. The van der Waals surface area contributed by atoms with Crippen LogP contribution in [0.2, 0.25) is 0 Å². The van der Waals surface area contributed by atoms with E-state index in [1.165, 1.54) is 12.8 Å². The third-order valence-corrected chi connectivity index (χ3v) is 3.81. The summed E-state index contributed by atoms with van der Waals surface area (Å²) < 4.78 is 20.2. The van der Waals surface area contributed by atoms with Crippen molar-refractivity contribution in [1.29, 1.82) is 0 Å². The monoisotopic (exact) mass is 265 g/mol. The fourth-order valence-electron chi connectivity index (χ4n) is 2.74. The van der Waals surface area contributed by atoms with Gasteiger partial charge in [-0.1, -0.05) is 18.6 Å². The number of hydrogen-bond acceptors (Lipinski definition) is 2. The molecule has 0 bridgehead atoms. The van der Waals surface area contributed by atoms with Gasteiger partial charge >= 0.3 is 0 Å². The predicted octanol–water partition coefficient (Wildman–Crippen LogP) is 3.80. The SMILES string of the molecule is CCOc1ccc(C(C)(F)CC2CCCCN2)cc1. The maximum atomic E-state index is 14.8. The van der Waals surface area contributed by atoms with Crippen LogP contribution in [-0.4, -0.2) is 19.2 Å². The summed E-state index contributed by atoms with van der Waals surface area (Å²) in [6, 6.07) is 7.69. The van der Waals surface area contributed by atoms with Gasteiger partial charge in [0.1, 0.15) is 11.4 Å². The van der Waals surface area contributed by atoms with Crippen molar-refractivity contribution in [2.24, 2.45) is 0 Å². The van der Waals surface area contributed by atoms with Crippen LogP contribution < -0.4 is 10.1 Å². The van der Waals surface area contributed by atoms with E-state index in [9.17, 15) is 4.39 Å². The Morgan fingerprint density at radius 1 is 1.32 bits per heavy atom. The first-order valence-electron chi connectivity index (χ1n) is 7.27. The normalized spacial score (nSPS) is 22.8. The molecule has 106 valence electrons. The van der Waals surface area contributed by atoms with Gasteiger partial charge in [-0.15, -0.1) is 0 Å². The third kappa shape index (κ3) is 3.93. The molecule has 1 aromatic rings. The standard InChI is InChI=1S/C16H24FNO/c1-3-19-15-9-7-13(8-10-15)16(2,17)12-14-6-4-5-11-18-14/h7-10,14,18H,3-6,11-12H2,1-2H3. The number of hydrogen-bond donors (Lipinski definition) is 1. The van der Waals surface area contributed by atoms with Gasteiger partial charge in [0.05, 0.1) is 6.61 Å². The molecule has 1 aromatic carbocycles. The lowest BCUT2D eigenvalue weighted by Gasteiger charge is -2.30. The Morgan fingerprint density at radius 3 is 2.63 bits per heavy atom. The highest BCUT2D eigenvalue weighted by atomic mass is 19.1. The van der Waals surface area contributed by atoms with Crippen LogP contribution in [0.4, 0.5) is 4.39 Å². The van der Waals surface area contributed by atoms with Gasteiger partial charge in [-0.05, 0) is 50.9 Å². The minimum atomic E-state index is -1.28. The second kappa shape index (κ2) is 6.38. The fraction of sp³-hybridized carbons (Fsp3) is 0.625. The Bertz CT molecular complexity index is 382. The molecule has 1 fully saturated rings. The summed E-state index contributed by atoms with van der Waals surface area (Å²) in [5.74, 6) is 0.804. The summed E-state index contributed by atoms with van der Waals surface area (Å²) in [7, 11) is 0. The molecule has 19 heavy (non-hydrogen) atoms. The Morgan fingerprint density at radius 2 is 2.05 bits per heavy atom. The van der Waals surface area contributed by atoms with E-state index in [1.807, 2.05) is 31.2 Å². The molecule has 1 aliphatic rings. The average molecular weight is 265 g/mol.